The molecular weight excluding hydrogens is 319 g/mol. The minimum absolute atomic E-state index is 0.140. The average Bonchev–Trinajstić information content (AvgIpc) is 3.01. The summed E-state index contributed by atoms with van der Waals surface area (Å²) in [6.07, 6.45) is -0.671. The van der Waals surface area contributed by atoms with Gasteiger partial charge >= 0.3 is 6.18 Å². The SMILES string of the molecule is Cc1ccnc(NC[C@@H]2CCN(c3nccc(C(F)(F)F)n3)C2)c1. The Hall–Kier alpha value is -2.38. The Labute approximate surface area is 138 Å². The lowest BCUT2D eigenvalue weighted by molar-refractivity contribution is -0.141. The molecule has 0 saturated carbocycles. The summed E-state index contributed by atoms with van der Waals surface area (Å²) < 4.78 is 38.2. The molecule has 0 unspecified atom stereocenters. The maximum absolute atomic E-state index is 12.7. The summed E-state index contributed by atoms with van der Waals surface area (Å²) in [6, 6.07) is 4.78. The van der Waals surface area contributed by atoms with E-state index in [0.29, 0.717) is 25.6 Å². The van der Waals surface area contributed by atoms with Gasteiger partial charge in [0, 0.05) is 32.0 Å². The molecule has 0 spiro atoms. The number of hydrogen-bond acceptors (Lipinski definition) is 5. The molecule has 0 radical (unpaired) electrons. The fourth-order valence-electron chi connectivity index (χ4n) is 2.72. The third-order valence-electron chi connectivity index (χ3n) is 3.99. The van der Waals surface area contributed by atoms with Crippen molar-refractivity contribution in [1.82, 2.24) is 15.0 Å². The first-order valence-electron chi connectivity index (χ1n) is 7.73. The van der Waals surface area contributed by atoms with Crippen molar-refractivity contribution in [1.29, 1.82) is 0 Å². The van der Waals surface area contributed by atoms with E-state index in [2.05, 4.69) is 20.3 Å². The van der Waals surface area contributed by atoms with Gasteiger partial charge in [-0.25, -0.2) is 15.0 Å². The maximum Gasteiger partial charge on any atom is 0.433 e. The van der Waals surface area contributed by atoms with E-state index in [1.54, 1.807) is 11.1 Å². The van der Waals surface area contributed by atoms with Gasteiger partial charge in [-0.15, -0.1) is 0 Å². The molecule has 3 heterocycles. The molecule has 128 valence electrons. The van der Waals surface area contributed by atoms with Crippen LogP contribution in [-0.4, -0.2) is 34.6 Å². The minimum atomic E-state index is -4.45. The zero-order chi connectivity index (χ0) is 17.2. The number of rotatable bonds is 4. The van der Waals surface area contributed by atoms with Crippen LogP contribution in [0.15, 0.2) is 30.6 Å². The summed E-state index contributed by atoms with van der Waals surface area (Å²) in [5.74, 6) is 1.26. The number of hydrogen-bond donors (Lipinski definition) is 1. The first kappa shape index (κ1) is 16.5. The van der Waals surface area contributed by atoms with E-state index >= 15 is 0 Å². The van der Waals surface area contributed by atoms with Crippen LogP contribution in [-0.2, 0) is 6.18 Å². The molecule has 1 saturated heterocycles. The average molecular weight is 337 g/mol. The standard InChI is InChI=1S/C16H18F3N5/c1-11-2-5-20-14(8-11)22-9-12-4-7-24(10-12)15-21-6-3-13(23-15)16(17,18)19/h2-3,5-6,8,12H,4,7,9-10H2,1H3,(H,20,22)/t12-/m0/s1. The molecule has 1 N–H and O–H groups in total. The van der Waals surface area contributed by atoms with Gasteiger partial charge in [0.1, 0.15) is 11.5 Å². The Morgan fingerprint density at radius 1 is 1.25 bits per heavy atom. The van der Waals surface area contributed by atoms with Crippen LogP contribution in [0.2, 0.25) is 0 Å². The highest BCUT2D eigenvalue weighted by Gasteiger charge is 2.34. The Balaban J connectivity index is 1.59. The Bertz CT molecular complexity index is 704. The van der Waals surface area contributed by atoms with Crippen LogP contribution >= 0.6 is 0 Å². The molecule has 1 atom stereocenters. The molecule has 5 nitrogen and oxygen atoms in total. The summed E-state index contributed by atoms with van der Waals surface area (Å²) in [7, 11) is 0. The van der Waals surface area contributed by atoms with E-state index < -0.39 is 11.9 Å². The van der Waals surface area contributed by atoms with Crippen molar-refractivity contribution < 1.29 is 13.2 Å². The molecule has 0 aromatic carbocycles. The van der Waals surface area contributed by atoms with Gasteiger partial charge in [-0.2, -0.15) is 13.2 Å². The monoisotopic (exact) mass is 337 g/mol. The first-order chi connectivity index (χ1) is 11.4. The van der Waals surface area contributed by atoms with Crippen molar-refractivity contribution in [3.63, 3.8) is 0 Å². The number of nitrogens with zero attached hydrogens (tertiary/aromatic N) is 4. The fourth-order valence-corrected chi connectivity index (χ4v) is 2.72. The van der Waals surface area contributed by atoms with Crippen LogP contribution in [0.3, 0.4) is 0 Å². The Kier molecular flexibility index (Phi) is 4.55. The number of aryl methyl sites for hydroxylation is 1. The Morgan fingerprint density at radius 2 is 2.04 bits per heavy atom. The van der Waals surface area contributed by atoms with Crippen LogP contribution in [0.25, 0.3) is 0 Å². The van der Waals surface area contributed by atoms with Crippen molar-refractivity contribution in [3.8, 4) is 0 Å². The highest BCUT2D eigenvalue weighted by atomic mass is 19.4. The summed E-state index contributed by atoms with van der Waals surface area (Å²) >= 11 is 0. The third-order valence-corrected chi connectivity index (χ3v) is 3.99. The number of halogens is 3. The highest BCUT2D eigenvalue weighted by Crippen LogP contribution is 2.29. The predicted octanol–water partition coefficient (Wildman–Crippen LogP) is 3.14. The molecule has 2 aromatic heterocycles. The minimum Gasteiger partial charge on any atom is -0.370 e. The van der Waals surface area contributed by atoms with Crippen LogP contribution in [0.4, 0.5) is 24.9 Å². The summed E-state index contributed by atoms with van der Waals surface area (Å²) in [5.41, 5.74) is 0.218. The van der Waals surface area contributed by atoms with Gasteiger partial charge in [-0.3, -0.25) is 0 Å². The quantitative estimate of drug-likeness (QED) is 0.929. The molecule has 2 aromatic rings. The maximum atomic E-state index is 12.7. The van der Waals surface area contributed by atoms with Gasteiger partial charge in [0.25, 0.3) is 0 Å². The first-order valence-corrected chi connectivity index (χ1v) is 7.73. The molecule has 0 amide bonds. The lowest BCUT2D eigenvalue weighted by Gasteiger charge is -2.17. The smallest absolute Gasteiger partial charge is 0.370 e. The second kappa shape index (κ2) is 6.62. The summed E-state index contributed by atoms with van der Waals surface area (Å²) in [4.78, 5) is 13.7. The predicted molar refractivity (Wildman–Crippen MR) is 84.8 cm³/mol. The number of nitrogens with one attached hydrogen (secondary N) is 1. The zero-order valence-electron chi connectivity index (χ0n) is 13.2. The zero-order valence-corrected chi connectivity index (χ0v) is 13.2. The number of alkyl halides is 3. The van der Waals surface area contributed by atoms with E-state index in [1.807, 2.05) is 19.1 Å². The normalized spacial score (nSPS) is 18.0. The van der Waals surface area contributed by atoms with Crippen molar-refractivity contribution in [2.45, 2.75) is 19.5 Å². The van der Waals surface area contributed by atoms with E-state index in [4.69, 9.17) is 0 Å². The lowest BCUT2D eigenvalue weighted by atomic mass is 10.1. The van der Waals surface area contributed by atoms with Crippen molar-refractivity contribution in [3.05, 3.63) is 41.9 Å². The van der Waals surface area contributed by atoms with Crippen molar-refractivity contribution in [2.75, 3.05) is 29.9 Å². The molecule has 1 fully saturated rings. The second-order valence-corrected chi connectivity index (χ2v) is 5.94. The van der Waals surface area contributed by atoms with Gasteiger partial charge in [0.2, 0.25) is 5.95 Å². The van der Waals surface area contributed by atoms with Gasteiger partial charge in [0.15, 0.2) is 0 Å². The number of pyridine rings is 1. The number of anilines is 2. The van der Waals surface area contributed by atoms with Crippen molar-refractivity contribution >= 4 is 11.8 Å². The molecular formula is C16H18F3N5. The van der Waals surface area contributed by atoms with E-state index in [9.17, 15) is 13.2 Å². The van der Waals surface area contributed by atoms with E-state index in [0.717, 1.165) is 30.1 Å². The lowest BCUT2D eigenvalue weighted by Crippen LogP contribution is -2.25. The molecule has 0 aliphatic carbocycles. The van der Waals surface area contributed by atoms with Crippen LogP contribution < -0.4 is 10.2 Å². The van der Waals surface area contributed by atoms with E-state index in [1.165, 1.54) is 0 Å². The largest absolute Gasteiger partial charge is 0.433 e. The second-order valence-electron chi connectivity index (χ2n) is 5.94. The molecule has 3 rings (SSSR count). The van der Waals surface area contributed by atoms with Crippen molar-refractivity contribution in [2.24, 2.45) is 5.92 Å². The molecule has 8 heteroatoms. The topological polar surface area (TPSA) is 53.9 Å². The van der Waals surface area contributed by atoms with Crippen LogP contribution in [0.5, 0.6) is 0 Å². The van der Waals surface area contributed by atoms with Gasteiger partial charge < -0.3 is 10.2 Å². The van der Waals surface area contributed by atoms with Crippen LogP contribution in [0, 0.1) is 12.8 Å². The van der Waals surface area contributed by atoms with Gasteiger partial charge in [0.05, 0.1) is 0 Å². The third kappa shape index (κ3) is 3.93. The fraction of sp³-hybridized carbons (Fsp3) is 0.438. The molecule has 1 aliphatic rings. The number of aromatic nitrogens is 3. The van der Waals surface area contributed by atoms with Gasteiger partial charge in [-0.1, -0.05) is 0 Å². The molecule has 24 heavy (non-hydrogen) atoms. The van der Waals surface area contributed by atoms with Crippen LogP contribution in [0.1, 0.15) is 17.7 Å². The Morgan fingerprint density at radius 3 is 2.79 bits per heavy atom. The summed E-state index contributed by atoms with van der Waals surface area (Å²) in [6.45, 7) is 3.98. The molecule has 0 bridgehead atoms. The van der Waals surface area contributed by atoms with E-state index in [-0.39, 0.29) is 5.95 Å². The highest BCUT2D eigenvalue weighted by molar-refractivity contribution is 5.38. The summed E-state index contributed by atoms with van der Waals surface area (Å²) in [5, 5.41) is 3.28. The molecule has 1 aliphatic heterocycles. The van der Waals surface area contributed by atoms with Gasteiger partial charge in [-0.05, 0) is 43.0 Å².